The van der Waals surface area contributed by atoms with Crippen molar-refractivity contribution in [2.45, 2.75) is 55.3 Å². The van der Waals surface area contributed by atoms with Gasteiger partial charge in [0.2, 0.25) is 0 Å². The first-order valence-corrected chi connectivity index (χ1v) is 12.8. The van der Waals surface area contributed by atoms with Crippen LogP contribution in [0.3, 0.4) is 0 Å². The summed E-state index contributed by atoms with van der Waals surface area (Å²) < 4.78 is 46.1. The van der Waals surface area contributed by atoms with Crippen LogP contribution in [-0.4, -0.2) is 58.3 Å². The van der Waals surface area contributed by atoms with E-state index in [4.69, 9.17) is 4.74 Å². The Morgan fingerprint density at radius 2 is 1.88 bits per heavy atom. The van der Waals surface area contributed by atoms with Crippen molar-refractivity contribution in [1.29, 1.82) is 0 Å². The molecule has 1 saturated carbocycles. The Kier molecular flexibility index (Phi) is 7.86. The molecular weight excluding hydrogens is 485 g/mol. The number of ether oxygens (including phenoxy) is 1. The Labute approximate surface area is 209 Å². The van der Waals surface area contributed by atoms with Gasteiger partial charge in [0.1, 0.15) is 5.82 Å². The lowest BCUT2D eigenvalue weighted by Gasteiger charge is -2.21. The second-order valence-corrected chi connectivity index (χ2v) is 10.8. The highest BCUT2D eigenvalue weighted by Crippen LogP contribution is 2.64. The van der Waals surface area contributed by atoms with Gasteiger partial charge in [0.05, 0.1) is 5.56 Å². The largest absolute Gasteiger partial charge is 0.416 e. The van der Waals surface area contributed by atoms with Gasteiger partial charge in [-0.3, -0.25) is 0 Å². The number of nitrogens with zero attached hydrogens (tertiary/aromatic N) is 4. The molecule has 3 aliphatic rings. The van der Waals surface area contributed by atoms with Gasteiger partial charge in [-0.2, -0.15) is 13.2 Å². The van der Waals surface area contributed by atoms with Crippen molar-refractivity contribution < 1.29 is 17.9 Å². The minimum absolute atomic E-state index is 0. The van der Waals surface area contributed by atoms with Crippen LogP contribution in [0.2, 0.25) is 0 Å². The highest BCUT2D eigenvalue weighted by molar-refractivity contribution is 7.99. The van der Waals surface area contributed by atoms with E-state index in [2.05, 4.69) is 26.7 Å². The van der Waals surface area contributed by atoms with E-state index >= 15 is 0 Å². The summed E-state index contributed by atoms with van der Waals surface area (Å²) in [5.41, 5.74) is 0.770. The van der Waals surface area contributed by atoms with Gasteiger partial charge in [-0.15, -0.1) is 22.6 Å². The predicted octanol–water partition coefficient (Wildman–Crippen LogP) is 5.51. The van der Waals surface area contributed by atoms with Crippen LogP contribution in [0.25, 0.3) is 0 Å². The summed E-state index contributed by atoms with van der Waals surface area (Å²) >= 11 is 1.77. The second-order valence-electron chi connectivity index (χ2n) is 9.75. The lowest BCUT2D eigenvalue weighted by molar-refractivity contribution is -0.137. The number of hydrogen-bond acceptors (Lipinski definition) is 5. The maximum atomic E-state index is 12.8. The average molecular weight is 517 g/mol. The minimum atomic E-state index is -4.26. The van der Waals surface area contributed by atoms with E-state index in [9.17, 15) is 13.2 Å². The number of rotatable bonds is 7. The second kappa shape index (κ2) is 10.4. The molecular formula is C24H32ClF3N4OS. The van der Waals surface area contributed by atoms with E-state index in [1.807, 2.05) is 0 Å². The van der Waals surface area contributed by atoms with Crippen LogP contribution in [0.4, 0.5) is 13.2 Å². The highest BCUT2D eigenvalue weighted by Gasteiger charge is 2.57. The first-order chi connectivity index (χ1) is 15.9. The molecule has 5 rings (SSSR count). The Morgan fingerprint density at radius 1 is 1.15 bits per heavy atom. The third-order valence-corrected chi connectivity index (χ3v) is 8.71. The van der Waals surface area contributed by atoms with E-state index in [-0.39, 0.29) is 17.8 Å². The van der Waals surface area contributed by atoms with Gasteiger partial charge in [-0.1, -0.05) is 23.9 Å². The number of aromatic nitrogens is 3. The topological polar surface area (TPSA) is 43.2 Å². The van der Waals surface area contributed by atoms with Crippen molar-refractivity contribution in [3.63, 3.8) is 0 Å². The SMILES string of the molecule is Cl.Cn1c(SCCCN2CC[C@@]3(C[C@@H]3c3ccc(C(F)(F)F)cc3)C2)nnc1C1CCOCC1. The van der Waals surface area contributed by atoms with Crippen molar-refractivity contribution in [3.8, 4) is 0 Å². The van der Waals surface area contributed by atoms with Crippen molar-refractivity contribution >= 4 is 24.2 Å². The molecule has 1 aliphatic carbocycles. The number of thioether (sulfide) groups is 1. The van der Waals surface area contributed by atoms with E-state index < -0.39 is 11.7 Å². The molecule has 1 aromatic heterocycles. The number of benzene rings is 1. The Morgan fingerprint density at radius 3 is 2.59 bits per heavy atom. The summed E-state index contributed by atoms with van der Waals surface area (Å²) in [5, 5.41) is 9.84. The summed E-state index contributed by atoms with van der Waals surface area (Å²) in [5.74, 6) is 2.93. The molecule has 2 saturated heterocycles. The number of alkyl halides is 3. The Hall–Kier alpha value is -1.29. The zero-order valence-electron chi connectivity index (χ0n) is 19.4. The van der Waals surface area contributed by atoms with Gasteiger partial charge < -0.3 is 14.2 Å². The van der Waals surface area contributed by atoms with E-state index in [0.717, 1.165) is 87.2 Å². The van der Waals surface area contributed by atoms with Crippen molar-refractivity contribution in [1.82, 2.24) is 19.7 Å². The van der Waals surface area contributed by atoms with Crippen LogP contribution in [0.1, 0.15) is 60.9 Å². The van der Waals surface area contributed by atoms with Crippen molar-refractivity contribution in [2.24, 2.45) is 12.5 Å². The van der Waals surface area contributed by atoms with Crippen LogP contribution in [0.15, 0.2) is 29.4 Å². The molecule has 0 unspecified atom stereocenters. The number of hydrogen-bond donors (Lipinski definition) is 0. The zero-order chi connectivity index (χ0) is 23.1. The van der Waals surface area contributed by atoms with E-state index in [1.54, 1.807) is 23.9 Å². The molecule has 1 aromatic carbocycles. The molecule has 1 spiro atoms. The van der Waals surface area contributed by atoms with E-state index in [0.29, 0.717) is 11.8 Å². The number of likely N-dealkylation sites (tertiary alicyclic amines) is 1. The van der Waals surface area contributed by atoms with Gasteiger partial charge in [0.15, 0.2) is 5.16 Å². The molecule has 34 heavy (non-hydrogen) atoms. The van der Waals surface area contributed by atoms with Crippen molar-refractivity contribution in [3.05, 3.63) is 41.2 Å². The molecule has 2 atom stereocenters. The normalized spacial score (nSPS) is 25.6. The summed E-state index contributed by atoms with van der Waals surface area (Å²) in [6, 6.07) is 5.81. The predicted molar refractivity (Wildman–Crippen MR) is 129 cm³/mol. The molecule has 0 radical (unpaired) electrons. The molecule has 2 aromatic rings. The fourth-order valence-corrected chi connectivity index (χ4v) is 6.41. The molecule has 0 N–H and O–H groups in total. The highest BCUT2D eigenvalue weighted by atomic mass is 35.5. The quantitative estimate of drug-likeness (QED) is 0.358. The summed E-state index contributed by atoms with van der Waals surface area (Å²) in [6.45, 7) is 4.80. The lowest BCUT2D eigenvalue weighted by Crippen LogP contribution is -2.23. The maximum absolute atomic E-state index is 12.8. The van der Waals surface area contributed by atoms with Crippen LogP contribution < -0.4 is 0 Å². The smallest absolute Gasteiger partial charge is 0.381 e. The van der Waals surface area contributed by atoms with Gasteiger partial charge >= 0.3 is 6.18 Å². The molecule has 3 heterocycles. The van der Waals surface area contributed by atoms with Crippen LogP contribution in [0.5, 0.6) is 0 Å². The minimum Gasteiger partial charge on any atom is -0.381 e. The van der Waals surface area contributed by atoms with Crippen LogP contribution in [0, 0.1) is 5.41 Å². The number of halogens is 4. The first-order valence-electron chi connectivity index (χ1n) is 11.9. The molecule has 0 bridgehead atoms. The van der Waals surface area contributed by atoms with Crippen LogP contribution >= 0.6 is 24.2 Å². The fraction of sp³-hybridized carbons (Fsp3) is 0.667. The lowest BCUT2D eigenvalue weighted by atomic mass is 9.97. The molecule has 0 amide bonds. The Bertz CT molecular complexity index is 964. The van der Waals surface area contributed by atoms with Gasteiger partial charge in [-0.25, -0.2) is 0 Å². The molecule has 3 fully saturated rings. The first kappa shape index (κ1) is 25.8. The average Bonchev–Trinajstić information content (AvgIpc) is 3.15. The van der Waals surface area contributed by atoms with Crippen molar-refractivity contribution in [2.75, 3.05) is 38.6 Å². The standard InChI is InChI=1S/C24H31F3N4OS.ClH/c1-30-21(18-7-12-32-13-8-18)28-29-22(30)33-14-2-10-31-11-9-23(16-31)15-20(23)17-3-5-19(6-4-17)24(25,26)27;/h3-6,18,20H,2,7-16H2,1H3;1H/t20-,23-;/m1./s1. The summed E-state index contributed by atoms with van der Waals surface area (Å²) in [4.78, 5) is 2.52. The van der Waals surface area contributed by atoms with Gasteiger partial charge in [0, 0.05) is 38.5 Å². The van der Waals surface area contributed by atoms with Gasteiger partial charge in [-0.05, 0) is 74.2 Å². The molecule has 188 valence electrons. The zero-order valence-corrected chi connectivity index (χ0v) is 21.0. The summed E-state index contributed by atoms with van der Waals surface area (Å²) in [6.07, 6.45) is 1.09. The fourth-order valence-electron chi connectivity index (χ4n) is 5.56. The molecule has 10 heteroatoms. The monoisotopic (exact) mass is 516 g/mol. The Balaban J connectivity index is 0.00000274. The third kappa shape index (κ3) is 5.42. The third-order valence-electron chi connectivity index (χ3n) is 7.60. The maximum Gasteiger partial charge on any atom is 0.416 e. The van der Waals surface area contributed by atoms with Gasteiger partial charge in [0.25, 0.3) is 0 Å². The molecule has 2 aliphatic heterocycles. The van der Waals surface area contributed by atoms with E-state index in [1.165, 1.54) is 12.1 Å². The van der Waals surface area contributed by atoms with Crippen LogP contribution in [-0.2, 0) is 18.0 Å². The summed E-state index contributed by atoms with van der Waals surface area (Å²) in [7, 11) is 2.06. The molecule has 5 nitrogen and oxygen atoms in total.